The fourth-order valence-corrected chi connectivity index (χ4v) is 3.34. The number of aromatic nitrogens is 1. The van der Waals surface area contributed by atoms with E-state index >= 15 is 0 Å². The molecule has 2 aliphatic rings. The van der Waals surface area contributed by atoms with Crippen molar-refractivity contribution in [3.05, 3.63) is 30.1 Å². The first kappa shape index (κ1) is 9.34. The van der Waals surface area contributed by atoms with Gasteiger partial charge in [-0.05, 0) is 61.7 Å². The standard InChI is InChI=1S/C13H18N2/c1-2-10(7-14-5-1)6-11-3-4-12-8-15-9-13(11)12/h1-2,5,7,11-13,15H,3-4,6,8-9H2. The van der Waals surface area contributed by atoms with Crippen molar-refractivity contribution in [3.63, 3.8) is 0 Å². The van der Waals surface area contributed by atoms with Crippen LogP contribution in [0.4, 0.5) is 0 Å². The molecule has 2 fully saturated rings. The van der Waals surface area contributed by atoms with Crippen LogP contribution in [0.1, 0.15) is 18.4 Å². The average Bonchev–Trinajstić information content (AvgIpc) is 2.85. The summed E-state index contributed by atoms with van der Waals surface area (Å²) in [6, 6.07) is 4.26. The Hall–Kier alpha value is -0.890. The van der Waals surface area contributed by atoms with Gasteiger partial charge < -0.3 is 5.32 Å². The lowest BCUT2D eigenvalue weighted by atomic mass is 9.88. The Morgan fingerprint density at radius 3 is 3.20 bits per heavy atom. The van der Waals surface area contributed by atoms with Gasteiger partial charge in [0.05, 0.1) is 0 Å². The average molecular weight is 202 g/mol. The summed E-state index contributed by atoms with van der Waals surface area (Å²) in [7, 11) is 0. The summed E-state index contributed by atoms with van der Waals surface area (Å²) in [6.45, 7) is 2.50. The third-order valence-electron chi connectivity index (χ3n) is 4.13. The van der Waals surface area contributed by atoms with Crippen LogP contribution in [0.25, 0.3) is 0 Å². The summed E-state index contributed by atoms with van der Waals surface area (Å²) < 4.78 is 0. The maximum absolute atomic E-state index is 4.20. The molecule has 1 saturated carbocycles. The molecule has 3 atom stereocenters. The van der Waals surface area contributed by atoms with Gasteiger partial charge in [0.2, 0.25) is 0 Å². The number of nitrogens with zero attached hydrogens (tertiary/aromatic N) is 1. The molecule has 0 amide bonds. The van der Waals surface area contributed by atoms with Crippen molar-refractivity contribution < 1.29 is 0 Å². The van der Waals surface area contributed by atoms with E-state index in [0.717, 1.165) is 17.8 Å². The highest BCUT2D eigenvalue weighted by Crippen LogP contribution is 2.40. The lowest BCUT2D eigenvalue weighted by Crippen LogP contribution is -2.17. The second kappa shape index (κ2) is 3.93. The van der Waals surface area contributed by atoms with Gasteiger partial charge in [-0.2, -0.15) is 0 Å². The van der Waals surface area contributed by atoms with Crippen molar-refractivity contribution in [1.82, 2.24) is 10.3 Å². The molecule has 1 N–H and O–H groups in total. The molecule has 3 rings (SSSR count). The zero-order chi connectivity index (χ0) is 10.1. The number of rotatable bonds is 2. The second-order valence-corrected chi connectivity index (χ2v) is 4.99. The minimum atomic E-state index is 0.897. The highest BCUT2D eigenvalue weighted by molar-refractivity contribution is 5.11. The molecular formula is C13H18N2. The van der Waals surface area contributed by atoms with Crippen LogP contribution < -0.4 is 5.32 Å². The first-order valence-corrected chi connectivity index (χ1v) is 6.03. The summed E-state index contributed by atoms with van der Waals surface area (Å²) in [5.41, 5.74) is 1.41. The zero-order valence-corrected chi connectivity index (χ0v) is 9.02. The van der Waals surface area contributed by atoms with E-state index in [2.05, 4.69) is 22.4 Å². The lowest BCUT2D eigenvalue weighted by molar-refractivity contribution is 0.374. The van der Waals surface area contributed by atoms with Gasteiger partial charge in [-0.3, -0.25) is 4.98 Å². The summed E-state index contributed by atoms with van der Waals surface area (Å²) >= 11 is 0. The number of pyridine rings is 1. The highest BCUT2D eigenvalue weighted by Gasteiger charge is 2.38. The molecule has 2 nitrogen and oxygen atoms in total. The molecule has 0 aromatic carbocycles. The Morgan fingerprint density at radius 2 is 2.33 bits per heavy atom. The van der Waals surface area contributed by atoms with E-state index in [9.17, 15) is 0 Å². The third kappa shape index (κ3) is 1.78. The molecule has 2 heteroatoms. The maximum Gasteiger partial charge on any atom is 0.0299 e. The quantitative estimate of drug-likeness (QED) is 0.792. The largest absolute Gasteiger partial charge is 0.316 e. The molecule has 1 aliphatic carbocycles. The monoisotopic (exact) mass is 202 g/mol. The van der Waals surface area contributed by atoms with Crippen molar-refractivity contribution in [2.75, 3.05) is 13.1 Å². The van der Waals surface area contributed by atoms with E-state index in [4.69, 9.17) is 0 Å². The zero-order valence-electron chi connectivity index (χ0n) is 9.02. The number of hydrogen-bond donors (Lipinski definition) is 1. The van der Waals surface area contributed by atoms with Gasteiger partial charge in [-0.1, -0.05) is 6.07 Å². The van der Waals surface area contributed by atoms with Crippen LogP contribution in [0.5, 0.6) is 0 Å². The summed E-state index contributed by atoms with van der Waals surface area (Å²) in [6.07, 6.45) is 7.97. The third-order valence-corrected chi connectivity index (χ3v) is 4.13. The molecule has 0 bridgehead atoms. The van der Waals surface area contributed by atoms with Crippen LogP contribution in [-0.2, 0) is 6.42 Å². The Morgan fingerprint density at radius 1 is 1.33 bits per heavy atom. The normalized spacial score (nSPS) is 34.3. The van der Waals surface area contributed by atoms with Crippen LogP contribution in [0, 0.1) is 17.8 Å². The highest BCUT2D eigenvalue weighted by atomic mass is 14.9. The minimum Gasteiger partial charge on any atom is -0.316 e. The lowest BCUT2D eigenvalue weighted by Gasteiger charge is -2.17. The molecule has 1 saturated heterocycles. The van der Waals surface area contributed by atoms with Crippen molar-refractivity contribution in [1.29, 1.82) is 0 Å². The minimum absolute atomic E-state index is 0.897. The van der Waals surface area contributed by atoms with Crippen molar-refractivity contribution in [3.8, 4) is 0 Å². The van der Waals surface area contributed by atoms with E-state index < -0.39 is 0 Å². The van der Waals surface area contributed by atoms with E-state index in [1.165, 1.54) is 37.9 Å². The SMILES string of the molecule is c1cncc(CC2CCC3CNCC32)c1. The molecule has 1 aromatic heterocycles. The van der Waals surface area contributed by atoms with E-state index in [1.807, 2.05) is 12.4 Å². The van der Waals surface area contributed by atoms with Gasteiger partial charge >= 0.3 is 0 Å². The predicted molar refractivity (Wildman–Crippen MR) is 60.5 cm³/mol. The van der Waals surface area contributed by atoms with Gasteiger partial charge in [-0.25, -0.2) is 0 Å². The van der Waals surface area contributed by atoms with Gasteiger partial charge in [0.1, 0.15) is 0 Å². The summed E-state index contributed by atoms with van der Waals surface area (Å²) in [5, 5.41) is 3.52. The number of fused-ring (bicyclic) bond motifs is 1. The Kier molecular flexibility index (Phi) is 2.45. The number of hydrogen-bond acceptors (Lipinski definition) is 2. The van der Waals surface area contributed by atoms with Crippen LogP contribution >= 0.6 is 0 Å². The topological polar surface area (TPSA) is 24.9 Å². The van der Waals surface area contributed by atoms with Crippen LogP contribution in [0.2, 0.25) is 0 Å². The first-order chi connectivity index (χ1) is 7.43. The fraction of sp³-hybridized carbons (Fsp3) is 0.615. The Labute approximate surface area is 91.1 Å². The maximum atomic E-state index is 4.20. The smallest absolute Gasteiger partial charge is 0.0299 e. The molecule has 3 unspecified atom stereocenters. The molecule has 0 spiro atoms. The molecule has 15 heavy (non-hydrogen) atoms. The van der Waals surface area contributed by atoms with E-state index in [0.29, 0.717) is 0 Å². The summed E-state index contributed by atoms with van der Waals surface area (Å²) in [5.74, 6) is 2.80. The molecule has 2 heterocycles. The molecule has 0 radical (unpaired) electrons. The van der Waals surface area contributed by atoms with Crippen LogP contribution in [0.3, 0.4) is 0 Å². The molecule has 1 aromatic rings. The van der Waals surface area contributed by atoms with Crippen molar-refractivity contribution in [2.45, 2.75) is 19.3 Å². The van der Waals surface area contributed by atoms with Crippen LogP contribution in [0.15, 0.2) is 24.5 Å². The second-order valence-electron chi connectivity index (χ2n) is 4.99. The van der Waals surface area contributed by atoms with Gasteiger partial charge in [0.15, 0.2) is 0 Å². The van der Waals surface area contributed by atoms with Crippen LogP contribution in [-0.4, -0.2) is 18.1 Å². The first-order valence-electron chi connectivity index (χ1n) is 6.03. The Balaban J connectivity index is 1.69. The fourth-order valence-electron chi connectivity index (χ4n) is 3.34. The van der Waals surface area contributed by atoms with Gasteiger partial charge in [-0.15, -0.1) is 0 Å². The number of nitrogens with one attached hydrogen (secondary N) is 1. The van der Waals surface area contributed by atoms with E-state index in [-0.39, 0.29) is 0 Å². The van der Waals surface area contributed by atoms with Gasteiger partial charge in [0, 0.05) is 12.4 Å². The van der Waals surface area contributed by atoms with Crippen molar-refractivity contribution >= 4 is 0 Å². The molecule has 80 valence electrons. The van der Waals surface area contributed by atoms with E-state index in [1.54, 1.807) is 0 Å². The van der Waals surface area contributed by atoms with Gasteiger partial charge in [0.25, 0.3) is 0 Å². The predicted octanol–water partition coefficient (Wildman–Crippen LogP) is 1.87. The molecular weight excluding hydrogens is 184 g/mol. The molecule has 1 aliphatic heterocycles. The van der Waals surface area contributed by atoms with Crippen molar-refractivity contribution in [2.24, 2.45) is 17.8 Å². The summed E-state index contributed by atoms with van der Waals surface area (Å²) in [4.78, 5) is 4.20. The Bertz CT molecular complexity index is 323.